The van der Waals surface area contributed by atoms with Crippen molar-refractivity contribution in [1.82, 2.24) is 14.7 Å². The molecule has 1 saturated carbocycles. The number of carbonyl (C=O) groups excluding carboxylic acids is 5. The van der Waals surface area contributed by atoms with Crippen molar-refractivity contribution in [3.05, 3.63) is 59.4 Å². The van der Waals surface area contributed by atoms with Crippen LogP contribution in [0.4, 0.5) is 17.1 Å². The second-order valence-electron chi connectivity index (χ2n) is 12.8. The third-order valence-corrected chi connectivity index (χ3v) is 8.29. The Kier molecular flexibility index (Phi) is 7.46. The highest BCUT2D eigenvalue weighted by Gasteiger charge is 2.44. The van der Waals surface area contributed by atoms with Crippen molar-refractivity contribution in [3.63, 3.8) is 0 Å². The molecule has 3 N–H and O–H groups in total. The van der Waals surface area contributed by atoms with Crippen LogP contribution < -0.4 is 16.0 Å². The first kappa shape index (κ1) is 30.0. The van der Waals surface area contributed by atoms with Gasteiger partial charge in [0, 0.05) is 48.6 Å². The van der Waals surface area contributed by atoms with Gasteiger partial charge < -0.3 is 20.7 Å². The van der Waals surface area contributed by atoms with Crippen LogP contribution in [-0.2, 0) is 25.5 Å². The number of nitrogens with two attached hydrogens (primary N) is 1. The van der Waals surface area contributed by atoms with Gasteiger partial charge in [-0.05, 0) is 76.3 Å². The molecular weight excluding hydrogens is 576 g/mol. The maximum absolute atomic E-state index is 13.9. The van der Waals surface area contributed by atoms with Gasteiger partial charge in [0.1, 0.15) is 11.6 Å². The standard InChI is InChI=1S/C33H36N6O6/c1-33(2,3)45-28(41)13-11-25(30(34)42)39-31(43)21-6-5-7-23(29(21)32(39)44)36-24-15-26-18(8-12-27(40)37(26)4)14-22(24)19-16-35-38(17-19)20-9-10-20/h5-7,14-17,20,25,36H,8-13H2,1-4H3,(H2,34,42)/t25-/m0/s1. The molecule has 0 spiro atoms. The van der Waals surface area contributed by atoms with Crippen molar-refractivity contribution in [2.75, 3.05) is 17.3 Å². The number of hydrogen-bond acceptors (Lipinski definition) is 8. The van der Waals surface area contributed by atoms with Crippen molar-refractivity contribution >= 4 is 46.7 Å². The van der Waals surface area contributed by atoms with E-state index in [0.29, 0.717) is 30.3 Å². The predicted molar refractivity (Wildman–Crippen MR) is 166 cm³/mol. The molecule has 6 rings (SSSR count). The molecular formula is C33H36N6O6. The van der Waals surface area contributed by atoms with Crippen LogP contribution in [0.25, 0.3) is 11.1 Å². The normalized spacial score (nSPS) is 16.8. The number of aryl methyl sites for hydroxylation is 1. The lowest BCUT2D eigenvalue weighted by molar-refractivity contribution is -0.155. The summed E-state index contributed by atoms with van der Waals surface area (Å²) in [5.41, 5.74) is 9.58. The fraction of sp³-hybridized carbons (Fsp3) is 0.394. The Labute approximate surface area is 260 Å². The van der Waals surface area contributed by atoms with E-state index in [1.807, 2.05) is 23.0 Å². The molecule has 2 aliphatic heterocycles. The summed E-state index contributed by atoms with van der Waals surface area (Å²) in [6.45, 7) is 5.16. The zero-order valence-corrected chi connectivity index (χ0v) is 25.8. The van der Waals surface area contributed by atoms with E-state index in [-0.39, 0.29) is 29.9 Å². The highest BCUT2D eigenvalue weighted by Crippen LogP contribution is 2.42. The first-order valence-electron chi connectivity index (χ1n) is 15.1. The molecule has 234 valence electrons. The van der Waals surface area contributed by atoms with Gasteiger partial charge in [-0.1, -0.05) is 6.07 Å². The first-order valence-corrected chi connectivity index (χ1v) is 15.1. The zero-order valence-electron chi connectivity index (χ0n) is 25.8. The number of carbonyl (C=O) groups is 5. The first-order chi connectivity index (χ1) is 21.3. The molecule has 0 bridgehead atoms. The van der Waals surface area contributed by atoms with Crippen LogP contribution in [0.3, 0.4) is 0 Å². The van der Waals surface area contributed by atoms with Gasteiger partial charge in [-0.15, -0.1) is 0 Å². The van der Waals surface area contributed by atoms with Gasteiger partial charge in [-0.3, -0.25) is 33.6 Å². The number of nitrogens with zero attached hydrogens (tertiary/aromatic N) is 4. The highest BCUT2D eigenvalue weighted by atomic mass is 16.6. The van der Waals surface area contributed by atoms with Gasteiger partial charge >= 0.3 is 5.97 Å². The van der Waals surface area contributed by atoms with Gasteiger partial charge in [0.25, 0.3) is 11.8 Å². The predicted octanol–water partition coefficient (Wildman–Crippen LogP) is 4.11. The molecule has 1 aromatic heterocycles. The van der Waals surface area contributed by atoms with E-state index < -0.39 is 35.3 Å². The minimum absolute atomic E-state index is 0.00338. The summed E-state index contributed by atoms with van der Waals surface area (Å²) in [5, 5.41) is 7.92. The third kappa shape index (κ3) is 5.79. The number of rotatable bonds is 9. The van der Waals surface area contributed by atoms with Crippen molar-refractivity contribution < 1.29 is 28.7 Å². The quantitative estimate of drug-likeness (QED) is 0.270. The minimum Gasteiger partial charge on any atom is -0.460 e. The summed E-state index contributed by atoms with van der Waals surface area (Å²) in [5.74, 6) is -2.84. The molecule has 12 nitrogen and oxygen atoms in total. The fourth-order valence-electron chi connectivity index (χ4n) is 5.93. The van der Waals surface area contributed by atoms with Crippen LogP contribution in [0.1, 0.15) is 85.2 Å². The summed E-state index contributed by atoms with van der Waals surface area (Å²) < 4.78 is 7.29. The molecule has 3 heterocycles. The number of fused-ring (bicyclic) bond motifs is 2. The van der Waals surface area contributed by atoms with Crippen LogP contribution in [0.5, 0.6) is 0 Å². The van der Waals surface area contributed by atoms with Crippen LogP contribution in [-0.4, -0.2) is 63.0 Å². The lowest BCUT2D eigenvalue weighted by Crippen LogP contribution is -2.48. The zero-order chi connectivity index (χ0) is 32.2. The Bertz CT molecular complexity index is 1750. The van der Waals surface area contributed by atoms with Crippen molar-refractivity contribution in [3.8, 4) is 11.1 Å². The topological polar surface area (TPSA) is 157 Å². The molecule has 1 aliphatic carbocycles. The molecule has 45 heavy (non-hydrogen) atoms. The largest absolute Gasteiger partial charge is 0.460 e. The van der Waals surface area contributed by atoms with Gasteiger partial charge in [0.2, 0.25) is 11.8 Å². The molecule has 0 unspecified atom stereocenters. The molecule has 12 heteroatoms. The molecule has 1 atom stereocenters. The molecule has 3 aliphatic rings. The summed E-state index contributed by atoms with van der Waals surface area (Å²) in [6, 6.07) is 7.81. The number of primary amides is 1. The van der Waals surface area contributed by atoms with E-state index in [1.165, 1.54) is 6.07 Å². The number of amides is 4. The van der Waals surface area contributed by atoms with Crippen molar-refractivity contribution in [1.29, 1.82) is 0 Å². The number of benzene rings is 2. The molecule has 3 aromatic rings. The molecule has 1 fully saturated rings. The number of hydrogen-bond donors (Lipinski definition) is 2. The smallest absolute Gasteiger partial charge is 0.306 e. The Morgan fingerprint density at radius 1 is 1.07 bits per heavy atom. The van der Waals surface area contributed by atoms with E-state index in [9.17, 15) is 24.0 Å². The molecule has 2 aromatic carbocycles. The average molecular weight is 613 g/mol. The number of imide groups is 1. The van der Waals surface area contributed by atoms with Crippen LogP contribution in [0.15, 0.2) is 42.7 Å². The number of aromatic nitrogens is 2. The van der Waals surface area contributed by atoms with Crippen LogP contribution in [0, 0.1) is 0 Å². The fourth-order valence-corrected chi connectivity index (χ4v) is 5.93. The third-order valence-electron chi connectivity index (χ3n) is 8.29. The lowest BCUT2D eigenvalue weighted by Gasteiger charge is -2.28. The van der Waals surface area contributed by atoms with Crippen LogP contribution >= 0.6 is 0 Å². The summed E-state index contributed by atoms with van der Waals surface area (Å²) >= 11 is 0. The van der Waals surface area contributed by atoms with Gasteiger partial charge in [-0.2, -0.15) is 5.10 Å². The van der Waals surface area contributed by atoms with E-state index in [1.54, 1.807) is 51.0 Å². The second-order valence-corrected chi connectivity index (χ2v) is 12.8. The van der Waals surface area contributed by atoms with E-state index in [0.717, 1.165) is 40.1 Å². The van der Waals surface area contributed by atoms with Gasteiger partial charge in [0.05, 0.1) is 29.1 Å². The minimum atomic E-state index is -1.34. The summed E-state index contributed by atoms with van der Waals surface area (Å²) in [6.07, 6.45) is 6.59. The van der Waals surface area contributed by atoms with Crippen molar-refractivity contribution in [2.24, 2.45) is 5.73 Å². The summed E-state index contributed by atoms with van der Waals surface area (Å²) in [4.78, 5) is 67.3. The molecule has 0 radical (unpaired) electrons. The Morgan fingerprint density at radius 3 is 2.51 bits per heavy atom. The Hall–Kier alpha value is -5.00. The van der Waals surface area contributed by atoms with Gasteiger partial charge in [-0.25, -0.2) is 0 Å². The van der Waals surface area contributed by atoms with Crippen LogP contribution in [0.2, 0.25) is 0 Å². The molecule has 0 saturated heterocycles. The monoisotopic (exact) mass is 612 g/mol. The average Bonchev–Trinajstić information content (AvgIpc) is 3.65. The maximum Gasteiger partial charge on any atom is 0.306 e. The van der Waals surface area contributed by atoms with Gasteiger partial charge in [0.15, 0.2) is 0 Å². The number of nitrogens with one attached hydrogen (secondary N) is 1. The van der Waals surface area contributed by atoms with E-state index >= 15 is 0 Å². The second kappa shape index (κ2) is 11.2. The Morgan fingerprint density at radius 2 is 1.82 bits per heavy atom. The number of anilines is 3. The maximum atomic E-state index is 13.9. The molecule has 4 amide bonds. The highest BCUT2D eigenvalue weighted by molar-refractivity contribution is 6.25. The lowest BCUT2D eigenvalue weighted by atomic mass is 9.95. The SMILES string of the molecule is CN1C(=O)CCc2cc(-c3cnn(C4CC4)c3)c(Nc3cccc4c3C(=O)N([C@@H](CCC(=O)OC(C)(C)C)C(N)=O)C4=O)cc21. The number of ether oxygens (including phenoxy) is 1. The van der Waals surface area contributed by atoms with E-state index in [4.69, 9.17) is 10.5 Å². The number of esters is 1. The van der Waals surface area contributed by atoms with E-state index in [2.05, 4.69) is 10.4 Å². The van der Waals surface area contributed by atoms with Crippen molar-refractivity contribution in [2.45, 2.75) is 77.0 Å². The summed E-state index contributed by atoms with van der Waals surface area (Å²) in [7, 11) is 1.73. The Balaban J connectivity index is 1.35.